The second-order valence-corrected chi connectivity index (χ2v) is 5.38. The molecule has 2 rings (SSSR count). The molecule has 2 aromatic rings. The molecule has 0 amide bonds. The van der Waals surface area contributed by atoms with Crippen LogP contribution in [0.5, 0.6) is 5.75 Å². The molecule has 19 heavy (non-hydrogen) atoms. The second kappa shape index (κ2) is 7.34. The van der Waals surface area contributed by atoms with Crippen molar-refractivity contribution in [2.45, 2.75) is 25.7 Å². The Labute approximate surface area is 123 Å². The Morgan fingerprint density at radius 3 is 2.74 bits per heavy atom. The fourth-order valence-corrected chi connectivity index (χ4v) is 2.68. The van der Waals surface area contributed by atoms with Crippen molar-refractivity contribution in [3.05, 3.63) is 53.5 Å². The van der Waals surface area contributed by atoms with E-state index >= 15 is 0 Å². The fraction of sp³-hybridized carbons (Fsp3) is 0.294. The van der Waals surface area contributed by atoms with Gasteiger partial charge in [-0.05, 0) is 58.5 Å². The van der Waals surface area contributed by atoms with Gasteiger partial charge in [-0.3, -0.25) is 0 Å². The van der Waals surface area contributed by atoms with Gasteiger partial charge in [0.25, 0.3) is 0 Å². The van der Waals surface area contributed by atoms with Gasteiger partial charge in [0, 0.05) is 0 Å². The largest absolute Gasteiger partial charge is 0.492 e. The molecule has 0 N–H and O–H groups in total. The molecule has 0 saturated heterocycles. The maximum absolute atomic E-state index is 5.85. The van der Waals surface area contributed by atoms with Gasteiger partial charge in [0.05, 0.1) is 11.1 Å². The third kappa shape index (κ3) is 3.84. The molecular formula is C17H19BrO. The highest BCUT2D eigenvalue weighted by molar-refractivity contribution is 9.10. The first-order chi connectivity index (χ1) is 9.33. The third-order valence-electron chi connectivity index (χ3n) is 3.14. The quantitative estimate of drug-likeness (QED) is 0.468. The van der Waals surface area contributed by atoms with Crippen molar-refractivity contribution in [2.75, 3.05) is 6.61 Å². The van der Waals surface area contributed by atoms with Crippen molar-refractivity contribution < 1.29 is 4.74 Å². The van der Waals surface area contributed by atoms with Gasteiger partial charge < -0.3 is 4.74 Å². The maximum atomic E-state index is 5.85. The number of ether oxygens (including phenoxy) is 1. The number of halogens is 1. The van der Waals surface area contributed by atoms with E-state index in [2.05, 4.69) is 46.8 Å². The predicted molar refractivity (Wildman–Crippen MR) is 85.8 cm³/mol. The lowest BCUT2D eigenvalue weighted by Crippen LogP contribution is -1.98. The molecule has 1 nitrogen and oxygen atoms in total. The minimum Gasteiger partial charge on any atom is -0.492 e. The summed E-state index contributed by atoms with van der Waals surface area (Å²) in [5, 5.41) is 2.43. The van der Waals surface area contributed by atoms with Crippen LogP contribution in [0, 0.1) is 0 Å². The van der Waals surface area contributed by atoms with Crippen LogP contribution >= 0.6 is 15.9 Å². The SMILES string of the molecule is C=CCCCCCOc1ccc2ccccc2c1Br. The number of unbranched alkanes of at least 4 members (excludes halogenated alkanes) is 3. The molecule has 0 aliphatic rings. The summed E-state index contributed by atoms with van der Waals surface area (Å²) in [6, 6.07) is 12.5. The minimum atomic E-state index is 0.772. The molecule has 0 atom stereocenters. The van der Waals surface area contributed by atoms with Gasteiger partial charge in [-0.15, -0.1) is 6.58 Å². The van der Waals surface area contributed by atoms with Gasteiger partial charge in [0.1, 0.15) is 5.75 Å². The molecule has 0 aromatic heterocycles. The van der Waals surface area contributed by atoms with Crippen LogP contribution in [0.2, 0.25) is 0 Å². The Hall–Kier alpha value is -1.28. The molecule has 0 saturated carbocycles. The monoisotopic (exact) mass is 318 g/mol. The van der Waals surface area contributed by atoms with Crippen molar-refractivity contribution in [3.8, 4) is 5.75 Å². The number of fused-ring (bicyclic) bond motifs is 1. The van der Waals surface area contributed by atoms with Crippen LogP contribution in [-0.2, 0) is 0 Å². The molecule has 0 aliphatic heterocycles. The van der Waals surface area contributed by atoms with E-state index < -0.39 is 0 Å². The van der Waals surface area contributed by atoms with E-state index in [4.69, 9.17) is 4.74 Å². The summed E-state index contributed by atoms with van der Waals surface area (Å²) in [7, 11) is 0. The van der Waals surface area contributed by atoms with E-state index in [9.17, 15) is 0 Å². The lowest BCUT2D eigenvalue weighted by atomic mass is 10.1. The van der Waals surface area contributed by atoms with Gasteiger partial charge >= 0.3 is 0 Å². The Bertz CT molecular complexity index is 548. The van der Waals surface area contributed by atoms with Crippen LogP contribution in [-0.4, -0.2) is 6.61 Å². The normalized spacial score (nSPS) is 10.6. The fourth-order valence-electron chi connectivity index (χ4n) is 2.07. The third-order valence-corrected chi connectivity index (χ3v) is 3.96. The summed E-state index contributed by atoms with van der Waals surface area (Å²) in [4.78, 5) is 0. The summed E-state index contributed by atoms with van der Waals surface area (Å²) >= 11 is 3.64. The van der Waals surface area contributed by atoms with Crippen LogP contribution in [0.4, 0.5) is 0 Å². The van der Waals surface area contributed by atoms with Gasteiger partial charge in [0.2, 0.25) is 0 Å². The number of hydrogen-bond acceptors (Lipinski definition) is 1. The molecule has 0 heterocycles. The molecule has 2 aromatic carbocycles. The zero-order chi connectivity index (χ0) is 13.5. The summed E-state index contributed by atoms with van der Waals surface area (Å²) in [5.41, 5.74) is 0. The minimum absolute atomic E-state index is 0.772. The number of hydrogen-bond donors (Lipinski definition) is 0. The smallest absolute Gasteiger partial charge is 0.134 e. The van der Waals surface area contributed by atoms with Crippen LogP contribution in [0.3, 0.4) is 0 Å². The second-order valence-electron chi connectivity index (χ2n) is 4.59. The first-order valence-corrected chi connectivity index (χ1v) is 7.53. The van der Waals surface area contributed by atoms with Gasteiger partial charge in [-0.1, -0.05) is 36.4 Å². The molecule has 2 heteroatoms. The van der Waals surface area contributed by atoms with E-state index in [-0.39, 0.29) is 0 Å². The van der Waals surface area contributed by atoms with E-state index in [1.54, 1.807) is 0 Å². The first kappa shape index (κ1) is 14.1. The highest BCUT2D eigenvalue weighted by Crippen LogP contribution is 2.33. The summed E-state index contributed by atoms with van der Waals surface area (Å²) in [5.74, 6) is 0.933. The van der Waals surface area contributed by atoms with Crippen molar-refractivity contribution in [1.29, 1.82) is 0 Å². The molecule has 0 radical (unpaired) electrons. The molecule has 0 bridgehead atoms. The number of rotatable bonds is 7. The molecule has 0 unspecified atom stereocenters. The maximum Gasteiger partial charge on any atom is 0.134 e. The highest BCUT2D eigenvalue weighted by Gasteiger charge is 2.05. The first-order valence-electron chi connectivity index (χ1n) is 6.74. The number of benzene rings is 2. The predicted octanol–water partition coefficient (Wildman–Crippen LogP) is 5.73. The Morgan fingerprint density at radius 1 is 1.05 bits per heavy atom. The van der Waals surface area contributed by atoms with Crippen molar-refractivity contribution >= 4 is 26.7 Å². The van der Waals surface area contributed by atoms with E-state index in [1.165, 1.54) is 23.6 Å². The molecule has 0 fully saturated rings. The Balaban J connectivity index is 1.94. The van der Waals surface area contributed by atoms with Gasteiger partial charge in [0.15, 0.2) is 0 Å². The van der Waals surface area contributed by atoms with Crippen LogP contribution in [0.1, 0.15) is 25.7 Å². The Kier molecular flexibility index (Phi) is 5.46. The standard InChI is InChI=1S/C17H19BrO/c1-2-3-4-5-8-13-19-16-12-11-14-9-6-7-10-15(14)17(16)18/h2,6-7,9-12H,1,3-5,8,13H2. The lowest BCUT2D eigenvalue weighted by molar-refractivity contribution is 0.304. The van der Waals surface area contributed by atoms with E-state index in [0.717, 1.165) is 29.7 Å². The molecular weight excluding hydrogens is 300 g/mol. The lowest BCUT2D eigenvalue weighted by Gasteiger charge is -2.10. The summed E-state index contributed by atoms with van der Waals surface area (Å²) in [6.07, 6.45) is 6.55. The zero-order valence-electron chi connectivity index (χ0n) is 11.1. The topological polar surface area (TPSA) is 9.23 Å². The van der Waals surface area contributed by atoms with Crippen LogP contribution in [0.25, 0.3) is 10.8 Å². The molecule has 0 aliphatic carbocycles. The van der Waals surface area contributed by atoms with Gasteiger partial charge in [-0.2, -0.15) is 0 Å². The van der Waals surface area contributed by atoms with E-state index in [0.29, 0.717) is 0 Å². The van der Waals surface area contributed by atoms with Crippen molar-refractivity contribution in [2.24, 2.45) is 0 Å². The number of allylic oxidation sites excluding steroid dienone is 1. The molecule has 0 spiro atoms. The van der Waals surface area contributed by atoms with Gasteiger partial charge in [-0.25, -0.2) is 0 Å². The highest BCUT2D eigenvalue weighted by atomic mass is 79.9. The van der Waals surface area contributed by atoms with Crippen molar-refractivity contribution in [3.63, 3.8) is 0 Å². The van der Waals surface area contributed by atoms with Crippen LogP contribution in [0.15, 0.2) is 53.5 Å². The van der Waals surface area contributed by atoms with E-state index in [1.807, 2.05) is 18.2 Å². The zero-order valence-corrected chi connectivity index (χ0v) is 12.7. The van der Waals surface area contributed by atoms with Crippen molar-refractivity contribution in [1.82, 2.24) is 0 Å². The Morgan fingerprint density at radius 2 is 1.89 bits per heavy atom. The average Bonchev–Trinajstić information content (AvgIpc) is 2.45. The summed E-state index contributed by atoms with van der Waals surface area (Å²) < 4.78 is 6.90. The summed E-state index contributed by atoms with van der Waals surface area (Å²) in [6.45, 7) is 4.50. The van der Waals surface area contributed by atoms with Crippen LogP contribution < -0.4 is 4.74 Å². The average molecular weight is 319 g/mol. The molecule has 100 valence electrons.